The molecule has 30 heavy (non-hydrogen) atoms. The van der Waals surface area contributed by atoms with E-state index in [9.17, 15) is 4.79 Å². The molecule has 2 aromatic carbocycles. The monoisotopic (exact) mass is 406 g/mol. The van der Waals surface area contributed by atoms with Crippen LogP contribution in [-0.2, 0) is 14.3 Å². The van der Waals surface area contributed by atoms with Crippen molar-refractivity contribution in [3.8, 4) is 22.7 Å². The molecule has 0 fully saturated rings. The zero-order valence-corrected chi connectivity index (χ0v) is 16.8. The Hall–Kier alpha value is -3.49. The lowest BCUT2D eigenvalue weighted by atomic mass is 10.1. The Morgan fingerprint density at radius 3 is 2.80 bits per heavy atom. The van der Waals surface area contributed by atoms with E-state index in [2.05, 4.69) is 20.5 Å². The van der Waals surface area contributed by atoms with Crippen molar-refractivity contribution in [1.29, 1.82) is 0 Å². The van der Waals surface area contributed by atoms with E-state index >= 15 is 0 Å². The van der Waals surface area contributed by atoms with Gasteiger partial charge in [0.1, 0.15) is 17.8 Å². The average molecular weight is 406 g/mol. The number of rotatable bonds is 8. The van der Waals surface area contributed by atoms with Crippen LogP contribution in [0, 0.1) is 6.92 Å². The molecular formula is C22H22N4O4. The van der Waals surface area contributed by atoms with E-state index in [-0.39, 0.29) is 12.5 Å². The van der Waals surface area contributed by atoms with Crippen molar-refractivity contribution in [2.45, 2.75) is 6.92 Å². The number of oxazole rings is 1. The smallest absolute Gasteiger partial charge is 0.250 e. The third-order valence-corrected chi connectivity index (χ3v) is 4.52. The number of hydrogen-bond acceptors (Lipinski definition) is 6. The summed E-state index contributed by atoms with van der Waals surface area (Å²) in [6, 6.07) is 13.3. The molecule has 154 valence electrons. The van der Waals surface area contributed by atoms with Crippen LogP contribution in [0.2, 0.25) is 0 Å². The van der Waals surface area contributed by atoms with E-state index in [4.69, 9.17) is 13.9 Å². The highest BCUT2D eigenvalue weighted by Gasteiger charge is 2.16. The first-order chi connectivity index (χ1) is 14.6. The van der Waals surface area contributed by atoms with E-state index in [0.29, 0.717) is 24.8 Å². The van der Waals surface area contributed by atoms with Gasteiger partial charge < -0.3 is 19.2 Å². The molecule has 2 heterocycles. The molecule has 2 aromatic heterocycles. The van der Waals surface area contributed by atoms with Crippen molar-refractivity contribution in [2.75, 3.05) is 32.2 Å². The lowest BCUT2D eigenvalue weighted by molar-refractivity contribution is -0.121. The summed E-state index contributed by atoms with van der Waals surface area (Å²) < 4.78 is 16.0. The van der Waals surface area contributed by atoms with Gasteiger partial charge >= 0.3 is 0 Å². The molecule has 0 aliphatic rings. The number of benzene rings is 2. The molecule has 4 rings (SSSR count). The molecule has 0 unspecified atom stereocenters. The number of nitrogens with zero attached hydrogens (tertiary/aromatic N) is 2. The summed E-state index contributed by atoms with van der Waals surface area (Å²) in [7, 11) is 1.58. The number of H-pyrrole nitrogens is 1. The molecule has 0 bridgehead atoms. The van der Waals surface area contributed by atoms with E-state index in [1.54, 1.807) is 13.3 Å². The minimum Gasteiger partial charge on any atom is -0.436 e. The number of methoxy groups -OCH3 is 1. The Bertz CT molecular complexity index is 1150. The van der Waals surface area contributed by atoms with Crippen LogP contribution in [0.4, 0.5) is 5.69 Å². The third-order valence-electron chi connectivity index (χ3n) is 4.52. The maximum Gasteiger partial charge on any atom is 0.250 e. The number of fused-ring (bicyclic) bond motifs is 1. The number of hydrogen-bond donors (Lipinski definition) is 2. The van der Waals surface area contributed by atoms with Gasteiger partial charge in [0.2, 0.25) is 11.8 Å². The van der Waals surface area contributed by atoms with Crippen molar-refractivity contribution in [2.24, 2.45) is 0 Å². The van der Waals surface area contributed by atoms with Crippen LogP contribution in [0.15, 0.2) is 53.1 Å². The number of nitrogens with one attached hydrogen (secondary N) is 2. The Labute approximate surface area is 173 Å². The number of aromatic amines is 1. The lowest BCUT2D eigenvalue weighted by Crippen LogP contribution is -2.19. The van der Waals surface area contributed by atoms with Crippen molar-refractivity contribution in [1.82, 2.24) is 15.2 Å². The SMILES string of the molecule is COCCOCC(=O)Nc1ccc(-c2n[nH]cc2-c2nc3ccc(C)cc3o2)cc1. The van der Waals surface area contributed by atoms with Crippen molar-refractivity contribution >= 4 is 22.7 Å². The zero-order chi connectivity index (χ0) is 20.9. The summed E-state index contributed by atoms with van der Waals surface area (Å²) in [6.45, 7) is 2.82. The predicted octanol–water partition coefficient (Wildman–Crippen LogP) is 3.79. The quantitative estimate of drug-likeness (QED) is 0.432. The molecule has 0 radical (unpaired) electrons. The molecule has 8 nitrogen and oxygen atoms in total. The minimum atomic E-state index is -0.221. The standard InChI is InChI=1S/C22H22N4O4/c1-14-3-8-18-19(11-14)30-22(25-18)17-12-23-26-21(17)15-4-6-16(7-5-15)24-20(27)13-29-10-9-28-2/h3-8,11-12H,9-10,13H2,1-2H3,(H,23,26)(H,24,27). The number of aromatic nitrogens is 3. The van der Waals surface area contributed by atoms with Gasteiger partial charge in [-0.05, 0) is 36.8 Å². The van der Waals surface area contributed by atoms with Gasteiger partial charge in [0, 0.05) is 24.6 Å². The van der Waals surface area contributed by atoms with Crippen LogP contribution in [0.3, 0.4) is 0 Å². The first-order valence-corrected chi connectivity index (χ1v) is 9.52. The third kappa shape index (κ3) is 4.40. The fourth-order valence-corrected chi connectivity index (χ4v) is 3.04. The van der Waals surface area contributed by atoms with Crippen LogP contribution in [0.25, 0.3) is 33.8 Å². The van der Waals surface area contributed by atoms with E-state index in [1.165, 1.54) is 0 Å². The zero-order valence-electron chi connectivity index (χ0n) is 16.8. The number of carbonyl (C=O) groups is 1. The fraction of sp³-hybridized carbons (Fsp3) is 0.227. The number of amides is 1. The number of anilines is 1. The first kappa shape index (κ1) is 19.8. The van der Waals surface area contributed by atoms with Crippen molar-refractivity contribution < 1.29 is 18.7 Å². The topological polar surface area (TPSA) is 102 Å². The van der Waals surface area contributed by atoms with Gasteiger partial charge in [-0.2, -0.15) is 5.10 Å². The van der Waals surface area contributed by atoms with Crippen molar-refractivity contribution in [3.05, 3.63) is 54.2 Å². The van der Waals surface area contributed by atoms with Crippen molar-refractivity contribution in [3.63, 3.8) is 0 Å². The van der Waals surface area contributed by atoms with Gasteiger partial charge in [-0.3, -0.25) is 9.89 Å². The lowest BCUT2D eigenvalue weighted by Gasteiger charge is -2.07. The Morgan fingerprint density at radius 1 is 1.17 bits per heavy atom. The summed E-state index contributed by atoms with van der Waals surface area (Å²) >= 11 is 0. The maximum absolute atomic E-state index is 11.9. The second-order valence-corrected chi connectivity index (χ2v) is 6.81. The Morgan fingerprint density at radius 2 is 2.00 bits per heavy atom. The number of carbonyl (C=O) groups excluding carboxylic acids is 1. The van der Waals surface area contributed by atoms with Gasteiger partial charge in [0.25, 0.3) is 0 Å². The van der Waals surface area contributed by atoms with Crippen LogP contribution in [0.1, 0.15) is 5.56 Å². The summed E-state index contributed by atoms with van der Waals surface area (Å²) in [5, 5.41) is 10.0. The number of aryl methyl sites for hydroxylation is 1. The largest absolute Gasteiger partial charge is 0.436 e. The summed E-state index contributed by atoms with van der Waals surface area (Å²) in [5.41, 5.74) is 5.69. The van der Waals surface area contributed by atoms with Gasteiger partial charge in [-0.15, -0.1) is 0 Å². The van der Waals surface area contributed by atoms with Crippen LogP contribution < -0.4 is 5.32 Å². The first-order valence-electron chi connectivity index (χ1n) is 9.52. The predicted molar refractivity (Wildman–Crippen MR) is 113 cm³/mol. The molecule has 4 aromatic rings. The van der Waals surface area contributed by atoms with Gasteiger partial charge in [-0.25, -0.2) is 4.98 Å². The Kier molecular flexibility index (Phi) is 5.87. The highest BCUT2D eigenvalue weighted by atomic mass is 16.5. The molecular weight excluding hydrogens is 384 g/mol. The summed E-state index contributed by atoms with van der Waals surface area (Å²) in [6.07, 6.45) is 1.76. The van der Waals surface area contributed by atoms with Gasteiger partial charge in [0.05, 0.1) is 18.8 Å². The molecule has 0 atom stereocenters. The maximum atomic E-state index is 11.9. The highest BCUT2D eigenvalue weighted by Crippen LogP contribution is 2.32. The molecule has 8 heteroatoms. The molecule has 1 amide bonds. The molecule has 0 spiro atoms. The Balaban J connectivity index is 1.49. The highest BCUT2D eigenvalue weighted by molar-refractivity contribution is 5.92. The minimum absolute atomic E-state index is 0.0220. The van der Waals surface area contributed by atoms with E-state index in [1.807, 2.05) is 49.4 Å². The van der Waals surface area contributed by atoms with E-state index in [0.717, 1.165) is 33.5 Å². The van der Waals surface area contributed by atoms with Crippen LogP contribution >= 0.6 is 0 Å². The number of ether oxygens (including phenoxy) is 2. The second kappa shape index (κ2) is 8.89. The second-order valence-electron chi connectivity index (χ2n) is 6.81. The molecule has 0 saturated heterocycles. The summed E-state index contributed by atoms with van der Waals surface area (Å²) in [5.74, 6) is 0.283. The fourth-order valence-electron chi connectivity index (χ4n) is 3.04. The molecule has 0 aliphatic carbocycles. The van der Waals surface area contributed by atoms with E-state index < -0.39 is 0 Å². The molecule has 2 N–H and O–H groups in total. The normalized spacial score (nSPS) is 11.1. The van der Waals surface area contributed by atoms with Crippen LogP contribution in [-0.4, -0.2) is 48.0 Å². The molecule has 0 aliphatic heterocycles. The molecule has 0 saturated carbocycles. The van der Waals surface area contributed by atoms with Crippen LogP contribution in [0.5, 0.6) is 0 Å². The van der Waals surface area contributed by atoms with Gasteiger partial charge in [-0.1, -0.05) is 18.2 Å². The summed E-state index contributed by atoms with van der Waals surface area (Å²) in [4.78, 5) is 16.5. The average Bonchev–Trinajstić information content (AvgIpc) is 3.38. The van der Waals surface area contributed by atoms with Gasteiger partial charge in [0.15, 0.2) is 5.58 Å².